The third-order valence-electron chi connectivity index (χ3n) is 4.80. The second-order valence-electron chi connectivity index (χ2n) is 6.78. The zero-order valence-corrected chi connectivity index (χ0v) is 16.7. The largest absolute Gasteiger partial charge is 0.508 e. The van der Waals surface area contributed by atoms with Crippen molar-refractivity contribution in [1.29, 1.82) is 0 Å². The molecule has 0 aromatic heterocycles. The third kappa shape index (κ3) is 3.51. The Labute approximate surface area is 176 Å². The molecule has 150 valence electrons. The predicted octanol–water partition coefficient (Wildman–Crippen LogP) is 5.12. The molecule has 0 amide bonds. The average molecular weight is 419 g/mol. The van der Waals surface area contributed by atoms with E-state index in [0.29, 0.717) is 50.5 Å². The maximum absolute atomic E-state index is 12.1. The summed E-state index contributed by atoms with van der Waals surface area (Å²) in [5, 5.41) is 23.4. The molecular weight excluding hydrogens is 402 g/mol. The van der Waals surface area contributed by atoms with Gasteiger partial charge in [-0.3, -0.25) is 4.79 Å². The van der Waals surface area contributed by atoms with Crippen molar-refractivity contribution < 1.29 is 19.4 Å². The SMILES string of the molecule is CCC(=S)Nc1ccc(-c2c3ccc(=O)cc-3oc3cc(O)ccc23)c(C(=O)O)c1. The Morgan fingerprint density at radius 3 is 2.57 bits per heavy atom. The van der Waals surface area contributed by atoms with Crippen LogP contribution in [0.4, 0.5) is 5.69 Å². The van der Waals surface area contributed by atoms with Gasteiger partial charge in [-0.1, -0.05) is 25.2 Å². The first-order valence-electron chi connectivity index (χ1n) is 9.24. The monoisotopic (exact) mass is 419 g/mol. The highest BCUT2D eigenvalue weighted by Crippen LogP contribution is 2.42. The maximum atomic E-state index is 12.1. The number of hydrogen-bond acceptors (Lipinski definition) is 5. The van der Waals surface area contributed by atoms with Gasteiger partial charge in [0.15, 0.2) is 5.43 Å². The van der Waals surface area contributed by atoms with Gasteiger partial charge in [-0.05, 0) is 48.4 Å². The van der Waals surface area contributed by atoms with Gasteiger partial charge >= 0.3 is 5.97 Å². The predicted molar refractivity (Wildman–Crippen MR) is 120 cm³/mol. The van der Waals surface area contributed by atoms with E-state index < -0.39 is 5.97 Å². The minimum Gasteiger partial charge on any atom is -0.508 e. The highest BCUT2D eigenvalue weighted by molar-refractivity contribution is 7.80. The lowest BCUT2D eigenvalue weighted by molar-refractivity contribution is 0.0698. The number of aromatic carboxylic acids is 1. The smallest absolute Gasteiger partial charge is 0.336 e. The Balaban J connectivity index is 2.06. The van der Waals surface area contributed by atoms with Gasteiger partial charge in [-0.2, -0.15) is 0 Å². The molecule has 0 unspecified atom stereocenters. The fourth-order valence-corrected chi connectivity index (χ4v) is 3.53. The van der Waals surface area contributed by atoms with Crippen LogP contribution in [0, 0.1) is 0 Å². The van der Waals surface area contributed by atoms with Crippen molar-refractivity contribution in [2.24, 2.45) is 0 Å². The molecule has 0 atom stereocenters. The number of nitrogens with one attached hydrogen (secondary N) is 1. The van der Waals surface area contributed by atoms with Gasteiger partial charge in [0.2, 0.25) is 0 Å². The van der Waals surface area contributed by atoms with Crippen LogP contribution in [0.25, 0.3) is 33.4 Å². The molecule has 1 heterocycles. The van der Waals surface area contributed by atoms with Gasteiger partial charge in [-0.25, -0.2) is 4.79 Å². The summed E-state index contributed by atoms with van der Waals surface area (Å²) >= 11 is 5.20. The van der Waals surface area contributed by atoms with Crippen molar-refractivity contribution in [3.05, 3.63) is 70.4 Å². The Bertz CT molecular complexity index is 1340. The van der Waals surface area contributed by atoms with Crippen molar-refractivity contribution in [3.63, 3.8) is 0 Å². The first-order chi connectivity index (χ1) is 14.4. The molecule has 30 heavy (non-hydrogen) atoms. The molecule has 6 nitrogen and oxygen atoms in total. The lowest BCUT2D eigenvalue weighted by Gasteiger charge is -2.17. The van der Waals surface area contributed by atoms with Crippen LogP contribution in [0.3, 0.4) is 0 Å². The van der Waals surface area contributed by atoms with Crippen LogP contribution in [0.1, 0.15) is 23.7 Å². The number of fused-ring (bicyclic) bond motifs is 2. The summed E-state index contributed by atoms with van der Waals surface area (Å²) in [4.78, 5) is 24.6. The summed E-state index contributed by atoms with van der Waals surface area (Å²) in [6.45, 7) is 1.91. The minimum atomic E-state index is -1.10. The Kier molecular flexibility index (Phi) is 4.97. The van der Waals surface area contributed by atoms with Gasteiger partial charge < -0.3 is 19.9 Å². The van der Waals surface area contributed by atoms with E-state index in [9.17, 15) is 19.8 Å². The van der Waals surface area contributed by atoms with E-state index in [0.717, 1.165) is 0 Å². The average Bonchev–Trinajstić information content (AvgIpc) is 2.71. The second kappa shape index (κ2) is 7.61. The standard InChI is InChI=1S/C23H17NO5S/c1-2-21(30)24-12-3-6-15(18(9-12)23(27)28)22-16-7-4-13(25)10-19(16)29-20-11-14(26)5-8-17(20)22/h3-11,25H,2H2,1H3,(H,24,30)(H,27,28). The normalized spacial score (nSPS) is 11.0. The third-order valence-corrected chi connectivity index (χ3v) is 5.19. The van der Waals surface area contributed by atoms with E-state index in [2.05, 4.69) is 5.32 Å². The van der Waals surface area contributed by atoms with E-state index in [4.69, 9.17) is 16.6 Å². The van der Waals surface area contributed by atoms with E-state index in [1.165, 1.54) is 30.3 Å². The lowest BCUT2D eigenvalue weighted by atomic mass is 9.90. The highest BCUT2D eigenvalue weighted by Gasteiger charge is 2.22. The topological polar surface area (TPSA) is 99.8 Å². The summed E-state index contributed by atoms with van der Waals surface area (Å²) in [6.07, 6.45) is 0.635. The molecule has 0 saturated heterocycles. The molecule has 2 aromatic rings. The van der Waals surface area contributed by atoms with Crippen LogP contribution in [-0.2, 0) is 0 Å². The van der Waals surface area contributed by atoms with Crippen LogP contribution in [-0.4, -0.2) is 21.2 Å². The molecule has 0 radical (unpaired) electrons. The molecule has 2 aromatic carbocycles. The molecule has 0 fully saturated rings. The summed E-state index contributed by atoms with van der Waals surface area (Å²) in [6, 6.07) is 14.0. The molecular formula is C23H17NO5S. The molecule has 4 rings (SSSR count). The van der Waals surface area contributed by atoms with Gasteiger partial charge in [-0.15, -0.1) is 0 Å². The number of phenols is 1. The number of benzene rings is 3. The molecule has 0 saturated carbocycles. The first-order valence-corrected chi connectivity index (χ1v) is 9.65. The molecule has 3 N–H and O–H groups in total. The quantitative estimate of drug-likeness (QED) is 0.312. The molecule has 0 bridgehead atoms. The summed E-state index contributed by atoms with van der Waals surface area (Å²) < 4.78 is 5.82. The van der Waals surface area contributed by atoms with Gasteiger partial charge in [0.25, 0.3) is 0 Å². The van der Waals surface area contributed by atoms with E-state index in [-0.39, 0.29) is 16.7 Å². The molecule has 1 aliphatic heterocycles. The Morgan fingerprint density at radius 1 is 1.07 bits per heavy atom. The van der Waals surface area contributed by atoms with Gasteiger partial charge in [0.1, 0.15) is 17.1 Å². The number of carboxylic acid groups (broad SMARTS) is 1. The van der Waals surface area contributed by atoms with Crippen LogP contribution in [0.5, 0.6) is 5.75 Å². The number of hydrogen-bond donors (Lipinski definition) is 3. The molecule has 7 heteroatoms. The van der Waals surface area contributed by atoms with Crippen molar-refractivity contribution in [2.75, 3.05) is 5.32 Å². The zero-order chi connectivity index (χ0) is 21.4. The van der Waals surface area contributed by atoms with Crippen LogP contribution < -0.4 is 10.7 Å². The van der Waals surface area contributed by atoms with Crippen molar-refractivity contribution in [1.82, 2.24) is 0 Å². The highest BCUT2D eigenvalue weighted by atomic mass is 32.1. The van der Waals surface area contributed by atoms with Crippen LogP contribution in [0.15, 0.2) is 63.8 Å². The van der Waals surface area contributed by atoms with Crippen molar-refractivity contribution in [2.45, 2.75) is 13.3 Å². The van der Waals surface area contributed by atoms with E-state index in [1.54, 1.807) is 24.3 Å². The Hall–Kier alpha value is -3.71. The first kappa shape index (κ1) is 19.6. The number of carboxylic acids is 1. The number of carbonyl (C=O) groups is 1. The number of thiocarbonyl (C=S) groups is 1. The summed E-state index contributed by atoms with van der Waals surface area (Å²) in [5.74, 6) is -0.792. The zero-order valence-electron chi connectivity index (χ0n) is 15.9. The molecule has 2 aliphatic rings. The maximum Gasteiger partial charge on any atom is 0.336 e. The second-order valence-corrected chi connectivity index (χ2v) is 7.28. The molecule has 1 aliphatic carbocycles. The summed E-state index contributed by atoms with van der Waals surface area (Å²) in [7, 11) is 0. The van der Waals surface area contributed by atoms with Crippen LogP contribution >= 0.6 is 12.2 Å². The van der Waals surface area contributed by atoms with Gasteiger partial charge in [0.05, 0.1) is 10.6 Å². The Morgan fingerprint density at radius 2 is 1.83 bits per heavy atom. The minimum absolute atomic E-state index is 0.000844. The number of aromatic hydroxyl groups is 1. The fourth-order valence-electron chi connectivity index (χ4n) is 3.42. The van der Waals surface area contributed by atoms with Gasteiger partial charge in [0, 0.05) is 34.3 Å². The number of phenolic OH excluding ortho intramolecular Hbond substituents is 1. The van der Waals surface area contributed by atoms with E-state index >= 15 is 0 Å². The molecule has 0 spiro atoms. The number of anilines is 1. The van der Waals surface area contributed by atoms with Crippen molar-refractivity contribution >= 4 is 39.8 Å². The lowest BCUT2D eigenvalue weighted by Crippen LogP contribution is -2.09. The van der Waals surface area contributed by atoms with Crippen LogP contribution in [0.2, 0.25) is 0 Å². The number of rotatable bonds is 4. The van der Waals surface area contributed by atoms with E-state index in [1.807, 2.05) is 6.92 Å². The van der Waals surface area contributed by atoms with Crippen molar-refractivity contribution in [3.8, 4) is 28.2 Å². The summed E-state index contributed by atoms with van der Waals surface area (Å²) in [5.41, 5.74) is 2.43. The fraction of sp³-hybridized carbons (Fsp3) is 0.0870.